The van der Waals surface area contributed by atoms with Gasteiger partial charge >= 0.3 is 0 Å². The Morgan fingerprint density at radius 2 is 1.76 bits per heavy atom. The third kappa shape index (κ3) is 6.68. The molecule has 2 aromatic carbocycles. The Hall–Kier alpha value is -2.64. The van der Waals surface area contributed by atoms with E-state index in [0.29, 0.717) is 24.3 Å². The van der Waals surface area contributed by atoms with Crippen molar-refractivity contribution in [3.63, 3.8) is 0 Å². The van der Waals surface area contributed by atoms with Crippen molar-refractivity contribution in [3.05, 3.63) is 71.3 Å². The summed E-state index contributed by atoms with van der Waals surface area (Å²) in [4.78, 5) is 11.4. The summed E-state index contributed by atoms with van der Waals surface area (Å²) >= 11 is 0. The van der Waals surface area contributed by atoms with E-state index in [1.54, 1.807) is 19.2 Å². The number of carbonyl (C=O) groups excluding carboxylic acids is 1. The Bertz CT molecular complexity index is 1070. The van der Waals surface area contributed by atoms with Crippen LogP contribution in [0.15, 0.2) is 59.5 Å². The number of hydrogen-bond donors (Lipinski definition) is 1. The molecule has 0 radical (unpaired) electrons. The molecule has 2 aromatic rings. The smallest absolute Gasteiger partial charge is 0.233 e. The van der Waals surface area contributed by atoms with E-state index in [9.17, 15) is 18.4 Å². The minimum absolute atomic E-state index is 0.0777. The molecular weight excluding hydrogens is 438 g/mol. The van der Waals surface area contributed by atoms with Crippen molar-refractivity contribution in [3.8, 4) is 5.75 Å². The number of allylic oxidation sites excluding steroid dienone is 1. The molecule has 1 amide bonds. The van der Waals surface area contributed by atoms with Crippen molar-refractivity contribution in [1.29, 1.82) is 0 Å². The van der Waals surface area contributed by atoms with Gasteiger partial charge in [-0.3, -0.25) is 10.0 Å². The van der Waals surface area contributed by atoms with Gasteiger partial charge < -0.3 is 4.74 Å². The van der Waals surface area contributed by atoms with Crippen molar-refractivity contribution in [1.82, 2.24) is 5.06 Å². The van der Waals surface area contributed by atoms with E-state index in [0.717, 1.165) is 48.1 Å². The predicted molar refractivity (Wildman–Crippen MR) is 128 cm³/mol. The highest BCUT2D eigenvalue weighted by molar-refractivity contribution is 7.91. The largest absolute Gasteiger partial charge is 0.497 e. The fourth-order valence-electron chi connectivity index (χ4n) is 4.50. The zero-order chi connectivity index (χ0) is 24.0. The average Bonchev–Trinajstić information content (AvgIpc) is 2.81. The zero-order valence-corrected chi connectivity index (χ0v) is 20.2. The number of sulfone groups is 1. The van der Waals surface area contributed by atoms with Gasteiger partial charge in [-0.25, -0.2) is 13.5 Å². The van der Waals surface area contributed by atoms with E-state index >= 15 is 0 Å². The lowest BCUT2D eigenvalue weighted by molar-refractivity contribution is -0.163. The van der Waals surface area contributed by atoms with E-state index in [1.165, 1.54) is 5.56 Å². The average molecular weight is 472 g/mol. The standard InChI is InChI=1S/C26H33NO5S/c1-19-4-10-23(11-5-19)26(27(29)18-28)17-33(30,31)25-12-8-21(9-13-25)6-7-22-14-20(2)15-24(16-22)32-3/h8-9,12-16,18,23,26,29H,1,4-7,10-11,17H2,2-3H3. The number of nitrogens with zero attached hydrogens (tertiary/aromatic N) is 1. The predicted octanol–water partition coefficient (Wildman–Crippen LogP) is 4.53. The van der Waals surface area contributed by atoms with Crippen molar-refractivity contribution in [2.75, 3.05) is 12.9 Å². The lowest BCUT2D eigenvalue weighted by Gasteiger charge is -2.33. The summed E-state index contributed by atoms with van der Waals surface area (Å²) in [5.74, 6) is 0.449. The van der Waals surface area contributed by atoms with Gasteiger partial charge in [0.2, 0.25) is 6.41 Å². The lowest BCUT2D eigenvalue weighted by Crippen LogP contribution is -2.43. The molecule has 1 N–H and O–H groups in total. The molecule has 0 bridgehead atoms. The van der Waals surface area contributed by atoms with Gasteiger partial charge in [0.05, 0.1) is 23.8 Å². The number of ether oxygens (including phenoxy) is 1. The second kappa shape index (κ2) is 11.0. The fraction of sp³-hybridized carbons (Fsp3) is 0.423. The van der Waals surface area contributed by atoms with Gasteiger partial charge in [-0.15, -0.1) is 0 Å². The molecule has 1 saturated carbocycles. The summed E-state index contributed by atoms with van der Waals surface area (Å²) < 4.78 is 31.5. The number of hydroxylamine groups is 2. The van der Waals surface area contributed by atoms with E-state index in [-0.39, 0.29) is 16.6 Å². The highest BCUT2D eigenvalue weighted by Gasteiger charge is 2.33. The maximum Gasteiger partial charge on any atom is 0.233 e. The molecule has 0 aromatic heterocycles. The molecule has 7 heteroatoms. The normalized spacial score (nSPS) is 15.8. The summed E-state index contributed by atoms with van der Waals surface area (Å²) in [7, 11) is -2.02. The Labute approximate surface area is 196 Å². The van der Waals surface area contributed by atoms with Crippen molar-refractivity contribution in [2.45, 2.75) is 56.4 Å². The highest BCUT2D eigenvalue weighted by atomic mass is 32.2. The number of aryl methyl sites for hydroxylation is 3. The first-order valence-electron chi connectivity index (χ1n) is 11.3. The van der Waals surface area contributed by atoms with E-state index in [4.69, 9.17) is 4.74 Å². The van der Waals surface area contributed by atoms with Crippen LogP contribution in [0.4, 0.5) is 0 Å². The van der Waals surface area contributed by atoms with Crippen molar-refractivity contribution in [2.24, 2.45) is 5.92 Å². The minimum atomic E-state index is -3.68. The Morgan fingerprint density at radius 1 is 1.12 bits per heavy atom. The number of methoxy groups -OCH3 is 1. The Morgan fingerprint density at radius 3 is 2.36 bits per heavy atom. The van der Waals surface area contributed by atoms with Gasteiger partial charge in [-0.05, 0) is 92.3 Å². The van der Waals surface area contributed by atoms with E-state index in [2.05, 4.69) is 12.6 Å². The van der Waals surface area contributed by atoms with Crippen LogP contribution in [-0.2, 0) is 27.5 Å². The first-order chi connectivity index (χ1) is 15.7. The van der Waals surface area contributed by atoms with E-state index in [1.807, 2.05) is 31.2 Å². The van der Waals surface area contributed by atoms with Gasteiger partial charge in [-0.2, -0.15) is 0 Å². The SMILES string of the molecule is C=C1CCC(C(CS(=O)(=O)c2ccc(CCc3cc(C)cc(OC)c3)cc2)N(O)C=O)CC1. The molecule has 1 atom stereocenters. The van der Waals surface area contributed by atoms with Gasteiger partial charge in [-0.1, -0.05) is 30.4 Å². The van der Waals surface area contributed by atoms with Crippen LogP contribution in [0.3, 0.4) is 0 Å². The molecule has 0 aliphatic heterocycles. The van der Waals surface area contributed by atoms with E-state index < -0.39 is 15.9 Å². The molecule has 1 unspecified atom stereocenters. The lowest BCUT2D eigenvalue weighted by atomic mass is 9.82. The van der Waals surface area contributed by atoms with Crippen LogP contribution < -0.4 is 4.74 Å². The van der Waals surface area contributed by atoms with Crippen molar-refractivity contribution >= 4 is 16.2 Å². The summed E-state index contributed by atoms with van der Waals surface area (Å²) in [5, 5.41) is 10.6. The number of carbonyl (C=O) groups is 1. The summed E-state index contributed by atoms with van der Waals surface area (Å²) in [5.41, 5.74) is 4.46. The summed E-state index contributed by atoms with van der Waals surface area (Å²) in [6, 6.07) is 12.2. The van der Waals surface area contributed by atoms with Gasteiger partial charge in [0, 0.05) is 0 Å². The number of amides is 1. The van der Waals surface area contributed by atoms with Crippen LogP contribution in [0, 0.1) is 12.8 Å². The molecule has 0 spiro atoms. The van der Waals surface area contributed by atoms with Gasteiger partial charge in [0.15, 0.2) is 9.84 Å². The van der Waals surface area contributed by atoms with Crippen LogP contribution in [0.2, 0.25) is 0 Å². The minimum Gasteiger partial charge on any atom is -0.497 e. The molecular formula is C26H33NO5S. The highest BCUT2D eigenvalue weighted by Crippen LogP contribution is 2.32. The fourth-order valence-corrected chi connectivity index (χ4v) is 6.12. The molecule has 3 rings (SSSR count). The molecule has 0 saturated heterocycles. The third-order valence-electron chi connectivity index (χ3n) is 6.45. The van der Waals surface area contributed by atoms with Gasteiger partial charge in [0.1, 0.15) is 5.75 Å². The summed E-state index contributed by atoms with van der Waals surface area (Å²) in [6.07, 6.45) is 4.89. The molecule has 178 valence electrons. The van der Waals surface area contributed by atoms with Crippen LogP contribution in [0.25, 0.3) is 0 Å². The third-order valence-corrected chi connectivity index (χ3v) is 8.22. The number of rotatable bonds is 10. The first-order valence-corrected chi connectivity index (χ1v) is 12.9. The Kier molecular flexibility index (Phi) is 8.32. The molecule has 1 aliphatic rings. The zero-order valence-electron chi connectivity index (χ0n) is 19.4. The van der Waals surface area contributed by atoms with Crippen LogP contribution in [-0.4, -0.2) is 44.0 Å². The second-order valence-electron chi connectivity index (χ2n) is 8.92. The quantitative estimate of drug-likeness (QED) is 0.238. The summed E-state index contributed by atoms with van der Waals surface area (Å²) in [6.45, 7) is 6.01. The number of benzene rings is 2. The molecule has 6 nitrogen and oxygen atoms in total. The van der Waals surface area contributed by atoms with Gasteiger partial charge in [0.25, 0.3) is 0 Å². The van der Waals surface area contributed by atoms with Crippen molar-refractivity contribution < 1.29 is 23.2 Å². The second-order valence-corrected chi connectivity index (χ2v) is 11.0. The van der Waals surface area contributed by atoms with Crippen LogP contribution in [0.5, 0.6) is 5.75 Å². The molecule has 1 fully saturated rings. The number of hydrogen-bond acceptors (Lipinski definition) is 5. The Balaban J connectivity index is 1.68. The molecule has 1 aliphatic carbocycles. The molecule has 0 heterocycles. The van der Waals surface area contributed by atoms with Crippen LogP contribution in [0.1, 0.15) is 42.4 Å². The topological polar surface area (TPSA) is 83.9 Å². The van der Waals surface area contributed by atoms with Crippen LogP contribution >= 0.6 is 0 Å². The maximum atomic E-state index is 13.1. The first kappa shape index (κ1) is 25.0. The maximum absolute atomic E-state index is 13.1. The monoisotopic (exact) mass is 471 g/mol. The molecule has 33 heavy (non-hydrogen) atoms.